The second-order valence-electron chi connectivity index (χ2n) is 4.65. The van der Waals surface area contributed by atoms with Gasteiger partial charge in [-0.3, -0.25) is 4.79 Å². The number of ether oxygens (including phenoxy) is 2. The fourth-order valence-electron chi connectivity index (χ4n) is 2.21. The quantitative estimate of drug-likeness (QED) is 0.859. The Morgan fingerprint density at radius 2 is 2.38 bits per heavy atom. The number of hydrogen-bond donors (Lipinski definition) is 1. The van der Waals surface area contributed by atoms with Crippen LogP contribution >= 0.6 is 0 Å². The molecule has 0 fully saturated rings. The molecule has 1 aromatic rings. The number of para-hydroxylation sites is 1. The van der Waals surface area contributed by atoms with Gasteiger partial charge in [-0.2, -0.15) is 5.26 Å². The second-order valence-corrected chi connectivity index (χ2v) is 4.65. The first-order valence-electron chi connectivity index (χ1n) is 6.92. The van der Waals surface area contributed by atoms with E-state index in [1.165, 1.54) is 0 Å². The van der Waals surface area contributed by atoms with Crippen molar-refractivity contribution in [1.82, 2.24) is 4.90 Å². The molecule has 1 heterocycles. The topological polar surface area (TPSA) is 74.6 Å². The summed E-state index contributed by atoms with van der Waals surface area (Å²) >= 11 is 0. The molecule has 1 N–H and O–H groups in total. The van der Waals surface area contributed by atoms with Gasteiger partial charge in [0.25, 0.3) is 5.91 Å². The minimum Gasteiger partial charge on any atom is -0.489 e. The Kier molecular flexibility index (Phi) is 5.41. The van der Waals surface area contributed by atoms with Crippen molar-refractivity contribution in [3.05, 3.63) is 23.8 Å². The molecule has 0 saturated heterocycles. The summed E-state index contributed by atoms with van der Waals surface area (Å²) in [6.45, 7) is 2.54. The van der Waals surface area contributed by atoms with Crippen molar-refractivity contribution in [2.75, 3.05) is 45.3 Å². The summed E-state index contributed by atoms with van der Waals surface area (Å²) < 4.78 is 10.7. The molecule has 0 spiro atoms. The molecule has 1 aliphatic heterocycles. The Labute approximate surface area is 124 Å². The Balaban J connectivity index is 2.21. The number of anilines is 1. The number of hydrogen-bond acceptors (Lipinski definition) is 5. The SMILES string of the molecule is COCCN(CCC#N)C(=O)c1cccc2c1OCCN2. The summed E-state index contributed by atoms with van der Waals surface area (Å²) in [7, 11) is 1.59. The zero-order valence-corrected chi connectivity index (χ0v) is 12.1. The number of carbonyl (C=O) groups is 1. The highest BCUT2D eigenvalue weighted by atomic mass is 16.5. The second kappa shape index (κ2) is 7.50. The predicted octanol–water partition coefficient (Wildman–Crippen LogP) is 1.49. The van der Waals surface area contributed by atoms with Crippen molar-refractivity contribution >= 4 is 11.6 Å². The molecule has 112 valence electrons. The molecule has 0 aliphatic carbocycles. The third kappa shape index (κ3) is 3.64. The molecule has 0 atom stereocenters. The van der Waals surface area contributed by atoms with Crippen LogP contribution < -0.4 is 10.1 Å². The van der Waals surface area contributed by atoms with Crippen molar-refractivity contribution in [3.8, 4) is 11.8 Å². The van der Waals surface area contributed by atoms with Crippen LogP contribution in [0.3, 0.4) is 0 Å². The molecule has 2 rings (SSSR count). The molecule has 0 unspecified atom stereocenters. The van der Waals surface area contributed by atoms with E-state index in [9.17, 15) is 4.79 Å². The van der Waals surface area contributed by atoms with E-state index >= 15 is 0 Å². The maximum Gasteiger partial charge on any atom is 0.257 e. The lowest BCUT2D eigenvalue weighted by molar-refractivity contribution is 0.0695. The molecular formula is C15H19N3O3. The Hall–Kier alpha value is -2.26. The number of nitriles is 1. The molecule has 6 nitrogen and oxygen atoms in total. The number of amides is 1. The molecule has 0 bridgehead atoms. The summed E-state index contributed by atoms with van der Waals surface area (Å²) in [4.78, 5) is 14.3. The smallest absolute Gasteiger partial charge is 0.257 e. The van der Waals surface area contributed by atoms with Crippen LogP contribution in [0.4, 0.5) is 5.69 Å². The Bertz CT molecular complexity index is 539. The highest BCUT2D eigenvalue weighted by Gasteiger charge is 2.23. The zero-order valence-electron chi connectivity index (χ0n) is 12.1. The average Bonchev–Trinajstić information content (AvgIpc) is 2.54. The van der Waals surface area contributed by atoms with Crippen molar-refractivity contribution in [2.45, 2.75) is 6.42 Å². The minimum atomic E-state index is -0.136. The number of fused-ring (bicyclic) bond motifs is 1. The van der Waals surface area contributed by atoms with Crippen LogP contribution in [-0.2, 0) is 4.74 Å². The number of rotatable bonds is 6. The van der Waals surface area contributed by atoms with Gasteiger partial charge in [0.15, 0.2) is 5.75 Å². The van der Waals surface area contributed by atoms with Gasteiger partial charge in [0, 0.05) is 26.7 Å². The van der Waals surface area contributed by atoms with Crippen LogP contribution in [0.25, 0.3) is 0 Å². The molecule has 0 aromatic heterocycles. The maximum atomic E-state index is 12.7. The molecule has 1 amide bonds. The molecule has 1 aliphatic rings. The van der Waals surface area contributed by atoms with E-state index in [1.54, 1.807) is 18.1 Å². The van der Waals surface area contributed by atoms with Crippen LogP contribution in [0.5, 0.6) is 5.75 Å². The van der Waals surface area contributed by atoms with Gasteiger partial charge in [-0.1, -0.05) is 6.07 Å². The number of benzene rings is 1. The number of nitrogens with one attached hydrogen (secondary N) is 1. The van der Waals surface area contributed by atoms with Crippen molar-refractivity contribution in [3.63, 3.8) is 0 Å². The fourth-order valence-corrected chi connectivity index (χ4v) is 2.21. The Morgan fingerprint density at radius 1 is 1.52 bits per heavy atom. The van der Waals surface area contributed by atoms with Gasteiger partial charge in [-0.05, 0) is 12.1 Å². The van der Waals surface area contributed by atoms with Crippen molar-refractivity contribution in [2.24, 2.45) is 0 Å². The zero-order chi connectivity index (χ0) is 15.1. The van der Waals surface area contributed by atoms with Crippen LogP contribution in [0.1, 0.15) is 16.8 Å². The van der Waals surface area contributed by atoms with Crippen LogP contribution in [0, 0.1) is 11.3 Å². The number of methoxy groups -OCH3 is 1. The van der Waals surface area contributed by atoms with Gasteiger partial charge < -0.3 is 19.7 Å². The molecule has 0 saturated carbocycles. The predicted molar refractivity (Wildman–Crippen MR) is 78.4 cm³/mol. The van der Waals surface area contributed by atoms with Crippen LogP contribution in [0.2, 0.25) is 0 Å². The third-order valence-corrected chi connectivity index (χ3v) is 3.26. The van der Waals surface area contributed by atoms with E-state index in [0.717, 1.165) is 12.2 Å². The van der Waals surface area contributed by atoms with E-state index in [4.69, 9.17) is 14.7 Å². The van der Waals surface area contributed by atoms with E-state index in [1.807, 2.05) is 12.1 Å². The van der Waals surface area contributed by atoms with Gasteiger partial charge in [0.05, 0.1) is 30.3 Å². The summed E-state index contributed by atoms with van der Waals surface area (Å²) in [6.07, 6.45) is 0.295. The largest absolute Gasteiger partial charge is 0.489 e. The van der Waals surface area contributed by atoms with Crippen molar-refractivity contribution in [1.29, 1.82) is 5.26 Å². The average molecular weight is 289 g/mol. The highest BCUT2D eigenvalue weighted by Crippen LogP contribution is 2.32. The summed E-state index contributed by atoms with van der Waals surface area (Å²) in [6, 6.07) is 7.53. The third-order valence-electron chi connectivity index (χ3n) is 3.26. The van der Waals surface area contributed by atoms with Gasteiger partial charge in [-0.15, -0.1) is 0 Å². The van der Waals surface area contributed by atoms with Gasteiger partial charge in [-0.25, -0.2) is 0 Å². The van der Waals surface area contributed by atoms with E-state index < -0.39 is 0 Å². The van der Waals surface area contributed by atoms with E-state index in [0.29, 0.717) is 44.0 Å². The molecule has 0 radical (unpaired) electrons. The summed E-state index contributed by atoms with van der Waals surface area (Å²) in [5, 5.41) is 11.9. The van der Waals surface area contributed by atoms with Crippen LogP contribution in [0.15, 0.2) is 18.2 Å². The lowest BCUT2D eigenvalue weighted by Crippen LogP contribution is -2.35. The first-order chi connectivity index (χ1) is 10.3. The first kappa shape index (κ1) is 15.1. The standard InChI is InChI=1S/C15H19N3O3/c1-20-11-9-18(8-3-6-16)15(19)12-4-2-5-13-14(12)21-10-7-17-13/h2,4-5,17H,3,7-11H2,1H3. The maximum absolute atomic E-state index is 12.7. The van der Waals surface area contributed by atoms with E-state index in [-0.39, 0.29) is 5.91 Å². The minimum absolute atomic E-state index is 0.136. The molecule has 1 aromatic carbocycles. The fraction of sp³-hybridized carbons (Fsp3) is 0.467. The van der Waals surface area contributed by atoms with Crippen molar-refractivity contribution < 1.29 is 14.3 Å². The van der Waals surface area contributed by atoms with E-state index in [2.05, 4.69) is 11.4 Å². The van der Waals surface area contributed by atoms with Gasteiger partial charge in [0.1, 0.15) is 6.61 Å². The monoisotopic (exact) mass is 289 g/mol. The number of nitrogens with zero attached hydrogens (tertiary/aromatic N) is 2. The lowest BCUT2D eigenvalue weighted by Gasteiger charge is -2.25. The molecular weight excluding hydrogens is 270 g/mol. The highest BCUT2D eigenvalue weighted by molar-refractivity contribution is 5.99. The van der Waals surface area contributed by atoms with Crippen LogP contribution in [-0.4, -0.2) is 50.8 Å². The number of carbonyl (C=O) groups excluding carboxylic acids is 1. The normalized spacial score (nSPS) is 12.6. The first-order valence-corrected chi connectivity index (χ1v) is 6.92. The summed E-state index contributed by atoms with van der Waals surface area (Å²) in [5.41, 5.74) is 1.35. The lowest BCUT2D eigenvalue weighted by atomic mass is 10.1. The van der Waals surface area contributed by atoms with Gasteiger partial charge in [0.2, 0.25) is 0 Å². The Morgan fingerprint density at radius 3 is 3.14 bits per heavy atom. The van der Waals surface area contributed by atoms with Gasteiger partial charge >= 0.3 is 0 Å². The summed E-state index contributed by atoms with van der Waals surface area (Å²) in [5.74, 6) is 0.455. The molecule has 6 heteroatoms. The molecule has 21 heavy (non-hydrogen) atoms.